The molecule has 1 aliphatic rings. The van der Waals surface area contributed by atoms with Gasteiger partial charge in [0.1, 0.15) is 0 Å². The molecule has 0 saturated carbocycles. The van der Waals surface area contributed by atoms with E-state index in [1.54, 1.807) is 14.2 Å². The van der Waals surface area contributed by atoms with Gasteiger partial charge in [0.25, 0.3) is 0 Å². The maximum absolute atomic E-state index is 5.49. The average molecular weight is 397 g/mol. The summed E-state index contributed by atoms with van der Waals surface area (Å²) in [6, 6.07) is 17.6. The highest BCUT2D eigenvalue weighted by Gasteiger charge is 2.25. The molecule has 1 aliphatic heterocycles. The largest absolute Gasteiger partial charge is 0.493 e. The minimum absolute atomic E-state index is 0.427. The van der Waals surface area contributed by atoms with E-state index in [9.17, 15) is 0 Å². The number of nitrogens with one attached hydrogen (secondary N) is 1. The molecule has 158 valence electrons. The fraction of sp³-hybridized carbons (Fsp3) is 0.520. The quantitative estimate of drug-likeness (QED) is 0.600. The van der Waals surface area contributed by atoms with Gasteiger partial charge in [-0.25, -0.2) is 0 Å². The van der Waals surface area contributed by atoms with Crippen molar-refractivity contribution in [2.24, 2.45) is 0 Å². The number of nitrogens with zero attached hydrogens (tertiary/aromatic N) is 1. The van der Waals surface area contributed by atoms with Gasteiger partial charge < -0.3 is 19.7 Å². The number of piperazine rings is 1. The predicted molar refractivity (Wildman–Crippen MR) is 120 cm³/mol. The number of hydrogen-bond acceptors (Lipinski definition) is 4. The van der Waals surface area contributed by atoms with Gasteiger partial charge in [0.2, 0.25) is 0 Å². The number of benzene rings is 2. The van der Waals surface area contributed by atoms with Crippen LogP contribution in [0.5, 0.6) is 11.5 Å². The first-order chi connectivity index (χ1) is 14.2. The van der Waals surface area contributed by atoms with Gasteiger partial charge in [-0.05, 0) is 55.0 Å². The predicted octanol–water partition coefficient (Wildman–Crippen LogP) is 4.49. The summed E-state index contributed by atoms with van der Waals surface area (Å²) in [6.45, 7) is 6.82. The highest BCUT2D eigenvalue weighted by molar-refractivity contribution is 5.44. The van der Waals surface area contributed by atoms with Gasteiger partial charge in [-0.2, -0.15) is 0 Å². The Kier molecular flexibility index (Phi) is 8.38. The van der Waals surface area contributed by atoms with Crippen molar-refractivity contribution in [3.63, 3.8) is 0 Å². The molecule has 3 rings (SSSR count). The highest BCUT2D eigenvalue weighted by Crippen LogP contribution is 2.32. The van der Waals surface area contributed by atoms with E-state index < -0.39 is 0 Å². The van der Waals surface area contributed by atoms with E-state index in [0.717, 1.165) is 31.1 Å². The molecular weight excluding hydrogens is 360 g/mol. The van der Waals surface area contributed by atoms with Gasteiger partial charge in [0, 0.05) is 25.7 Å². The lowest BCUT2D eigenvalue weighted by Gasteiger charge is -2.37. The third-order valence-electron chi connectivity index (χ3n) is 6.11. The Hall–Kier alpha value is -2.04. The number of methoxy groups -OCH3 is 2. The molecule has 1 fully saturated rings. The van der Waals surface area contributed by atoms with E-state index >= 15 is 0 Å². The highest BCUT2D eigenvalue weighted by atomic mass is 16.5. The van der Waals surface area contributed by atoms with Crippen LogP contribution in [0.3, 0.4) is 0 Å². The van der Waals surface area contributed by atoms with Crippen molar-refractivity contribution < 1.29 is 9.47 Å². The Labute approximate surface area is 176 Å². The summed E-state index contributed by atoms with van der Waals surface area (Å²) in [4.78, 5) is 2.63. The zero-order chi connectivity index (χ0) is 20.5. The van der Waals surface area contributed by atoms with E-state index in [1.807, 2.05) is 6.07 Å². The van der Waals surface area contributed by atoms with Crippen LogP contribution in [0.1, 0.15) is 43.2 Å². The van der Waals surface area contributed by atoms with Gasteiger partial charge in [0.15, 0.2) is 11.5 Å². The van der Waals surface area contributed by atoms with Crippen LogP contribution in [0.15, 0.2) is 48.5 Å². The zero-order valence-electron chi connectivity index (χ0n) is 18.2. The van der Waals surface area contributed by atoms with Crippen molar-refractivity contribution in [3.05, 3.63) is 59.7 Å². The molecule has 1 heterocycles. The maximum Gasteiger partial charge on any atom is 0.160 e. The minimum Gasteiger partial charge on any atom is -0.493 e. The molecule has 0 bridgehead atoms. The van der Waals surface area contributed by atoms with Crippen LogP contribution in [-0.4, -0.2) is 51.3 Å². The van der Waals surface area contributed by atoms with E-state index in [0.29, 0.717) is 12.0 Å². The Morgan fingerprint density at radius 1 is 1.00 bits per heavy atom. The van der Waals surface area contributed by atoms with E-state index in [4.69, 9.17) is 9.47 Å². The summed E-state index contributed by atoms with van der Waals surface area (Å²) < 4.78 is 10.9. The van der Waals surface area contributed by atoms with Crippen molar-refractivity contribution >= 4 is 0 Å². The first-order valence-electron chi connectivity index (χ1n) is 10.9. The van der Waals surface area contributed by atoms with Crippen LogP contribution >= 0.6 is 0 Å². The van der Waals surface area contributed by atoms with Gasteiger partial charge >= 0.3 is 0 Å². The fourth-order valence-electron chi connectivity index (χ4n) is 4.23. The second kappa shape index (κ2) is 11.2. The lowest BCUT2D eigenvalue weighted by Crippen LogP contribution is -2.52. The second-order valence-electron chi connectivity index (χ2n) is 8.06. The molecule has 2 aromatic carbocycles. The van der Waals surface area contributed by atoms with Crippen LogP contribution in [0.2, 0.25) is 0 Å². The first-order valence-corrected chi connectivity index (χ1v) is 10.9. The molecule has 1 N–H and O–H groups in total. The SMILES string of the molecule is COc1ccc(C(C)C2CN(CCCCCc3ccccc3)CCN2)cc1OC. The van der Waals surface area contributed by atoms with Gasteiger partial charge in [-0.1, -0.05) is 49.7 Å². The van der Waals surface area contributed by atoms with Crippen molar-refractivity contribution in [2.45, 2.75) is 44.6 Å². The fourth-order valence-corrected chi connectivity index (χ4v) is 4.23. The third-order valence-corrected chi connectivity index (χ3v) is 6.11. The van der Waals surface area contributed by atoms with Crippen molar-refractivity contribution in [1.82, 2.24) is 10.2 Å². The molecule has 0 spiro atoms. The second-order valence-corrected chi connectivity index (χ2v) is 8.06. The van der Waals surface area contributed by atoms with Crippen LogP contribution in [0, 0.1) is 0 Å². The Morgan fingerprint density at radius 3 is 2.55 bits per heavy atom. The Morgan fingerprint density at radius 2 is 1.79 bits per heavy atom. The number of aryl methyl sites for hydroxylation is 1. The molecule has 1 saturated heterocycles. The van der Waals surface area contributed by atoms with Gasteiger partial charge in [-0.3, -0.25) is 0 Å². The Balaban J connectivity index is 1.45. The lowest BCUT2D eigenvalue weighted by atomic mass is 9.91. The van der Waals surface area contributed by atoms with E-state index in [1.165, 1.54) is 43.4 Å². The van der Waals surface area contributed by atoms with Crippen molar-refractivity contribution in [3.8, 4) is 11.5 Å². The molecule has 2 aromatic rings. The molecule has 2 atom stereocenters. The van der Waals surface area contributed by atoms with Crippen LogP contribution < -0.4 is 14.8 Å². The van der Waals surface area contributed by atoms with Gasteiger partial charge in [0.05, 0.1) is 14.2 Å². The normalized spacial score (nSPS) is 18.4. The Bertz CT molecular complexity index is 735. The topological polar surface area (TPSA) is 33.7 Å². The summed E-state index contributed by atoms with van der Waals surface area (Å²) in [5.41, 5.74) is 2.75. The summed E-state index contributed by atoms with van der Waals surface area (Å²) in [7, 11) is 3.38. The van der Waals surface area contributed by atoms with Crippen molar-refractivity contribution in [1.29, 1.82) is 0 Å². The molecule has 29 heavy (non-hydrogen) atoms. The molecule has 0 amide bonds. The van der Waals surface area contributed by atoms with Crippen LogP contribution in [0.4, 0.5) is 0 Å². The number of rotatable bonds is 10. The summed E-state index contributed by atoms with van der Waals surface area (Å²) in [6.07, 6.45) is 5.06. The molecule has 2 unspecified atom stereocenters. The molecular formula is C25H36N2O2. The van der Waals surface area contributed by atoms with Crippen LogP contribution in [0.25, 0.3) is 0 Å². The lowest BCUT2D eigenvalue weighted by molar-refractivity contribution is 0.184. The molecule has 4 nitrogen and oxygen atoms in total. The number of hydrogen-bond donors (Lipinski definition) is 1. The first kappa shape index (κ1) is 21.7. The summed E-state index contributed by atoms with van der Waals surface area (Å²) in [5.74, 6) is 2.02. The number of ether oxygens (including phenoxy) is 2. The van der Waals surface area contributed by atoms with Crippen molar-refractivity contribution in [2.75, 3.05) is 40.4 Å². The zero-order valence-corrected chi connectivity index (χ0v) is 18.2. The van der Waals surface area contributed by atoms with Crippen LogP contribution in [-0.2, 0) is 6.42 Å². The van der Waals surface area contributed by atoms with E-state index in [-0.39, 0.29) is 0 Å². The molecule has 0 aromatic heterocycles. The van der Waals surface area contributed by atoms with E-state index in [2.05, 4.69) is 59.6 Å². The van der Waals surface area contributed by atoms with Gasteiger partial charge in [-0.15, -0.1) is 0 Å². The monoisotopic (exact) mass is 396 g/mol. The smallest absolute Gasteiger partial charge is 0.160 e. The summed E-state index contributed by atoms with van der Waals surface area (Å²) in [5, 5.41) is 3.72. The summed E-state index contributed by atoms with van der Waals surface area (Å²) >= 11 is 0. The molecule has 0 radical (unpaired) electrons. The maximum atomic E-state index is 5.49. The minimum atomic E-state index is 0.427. The third kappa shape index (κ3) is 6.22. The number of unbranched alkanes of at least 4 members (excludes halogenated alkanes) is 2. The molecule has 4 heteroatoms. The standard InChI is InChI=1S/C25H36N2O2/c1-20(22-13-14-24(28-2)25(18-22)29-3)23-19-27(17-15-26-23)16-9-5-8-12-21-10-6-4-7-11-21/h4,6-7,10-11,13-14,18,20,23,26H,5,8-9,12,15-17,19H2,1-3H3. The molecule has 0 aliphatic carbocycles. The average Bonchev–Trinajstić information content (AvgIpc) is 2.78.